The molecule has 1 saturated heterocycles. The number of nitrogens with one attached hydrogen (secondary N) is 1. The number of furan rings is 1. The van der Waals surface area contributed by atoms with Gasteiger partial charge in [0, 0.05) is 38.3 Å². The van der Waals surface area contributed by atoms with Crippen LogP contribution in [-0.2, 0) is 0 Å². The fraction of sp³-hybridized carbons (Fsp3) is 0.474. The van der Waals surface area contributed by atoms with Crippen LogP contribution in [0.4, 0.5) is 5.82 Å². The quantitative estimate of drug-likeness (QED) is 0.866. The highest BCUT2D eigenvalue weighted by atomic mass is 16.3. The molecule has 0 spiro atoms. The monoisotopic (exact) mass is 371 g/mol. The molecule has 2 aromatic heterocycles. The van der Waals surface area contributed by atoms with Gasteiger partial charge in [0.2, 0.25) is 0 Å². The fourth-order valence-corrected chi connectivity index (χ4v) is 2.94. The Kier molecular flexibility index (Phi) is 5.73. The number of anilines is 1. The minimum atomic E-state index is -0.148. The van der Waals surface area contributed by atoms with Gasteiger partial charge in [-0.2, -0.15) is 0 Å². The molecular weight excluding hydrogens is 346 g/mol. The number of amides is 2. The largest absolute Gasteiger partial charge is 0.459 e. The van der Waals surface area contributed by atoms with Gasteiger partial charge in [-0.1, -0.05) is 6.92 Å². The molecule has 2 amide bonds. The Labute approximate surface area is 158 Å². The minimum absolute atomic E-state index is 0.141. The van der Waals surface area contributed by atoms with Gasteiger partial charge in [-0.25, -0.2) is 9.97 Å². The zero-order chi connectivity index (χ0) is 19.4. The molecule has 1 fully saturated rings. The Balaban J connectivity index is 1.64. The molecule has 8 nitrogen and oxygen atoms in total. The summed E-state index contributed by atoms with van der Waals surface area (Å²) < 4.78 is 5.16. The normalized spacial score (nSPS) is 15.5. The van der Waals surface area contributed by atoms with E-state index in [1.54, 1.807) is 34.9 Å². The van der Waals surface area contributed by atoms with E-state index in [1.807, 2.05) is 0 Å². The van der Waals surface area contributed by atoms with Crippen molar-refractivity contribution in [1.82, 2.24) is 19.8 Å². The van der Waals surface area contributed by atoms with E-state index in [2.05, 4.69) is 29.1 Å². The first-order chi connectivity index (χ1) is 13.0. The van der Waals surface area contributed by atoms with Crippen molar-refractivity contribution in [2.75, 3.05) is 31.5 Å². The van der Waals surface area contributed by atoms with Crippen LogP contribution < -0.4 is 5.32 Å². The molecule has 1 atom stereocenters. The Morgan fingerprint density at radius 3 is 2.44 bits per heavy atom. The van der Waals surface area contributed by atoms with Crippen molar-refractivity contribution in [1.29, 1.82) is 0 Å². The summed E-state index contributed by atoms with van der Waals surface area (Å²) in [5, 5.41) is 3.28. The number of hydrogen-bond donors (Lipinski definition) is 1. The number of carbonyl (C=O) groups excluding carboxylic acids is 2. The zero-order valence-electron chi connectivity index (χ0n) is 15.9. The number of hydrogen-bond acceptors (Lipinski definition) is 6. The molecule has 2 aromatic rings. The van der Waals surface area contributed by atoms with Gasteiger partial charge in [-0.05, 0) is 32.4 Å². The van der Waals surface area contributed by atoms with Crippen molar-refractivity contribution in [2.24, 2.45) is 0 Å². The van der Waals surface area contributed by atoms with E-state index < -0.39 is 0 Å². The van der Waals surface area contributed by atoms with Crippen LogP contribution in [0.2, 0.25) is 0 Å². The van der Waals surface area contributed by atoms with Crippen LogP contribution in [0.1, 0.15) is 47.1 Å². The highest BCUT2D eigenvalue weighted by Gasteiger charge is 2.27. The van der Waals surface area contributed by atoms with Crippen LogP contribution in [-0.4, -0.2) is 63.8 Å². The molecule has 0 aliphatic carbocycles. The topological polar surface area (TPSA) is 91.6 Å². The maximum atomic E-state index is 12.9. The average molecular weight is 371 g/mol. The summed E-state index contributed by atoms with van der Waals surface area (Å²) in [6.07, 6.45) is 2.44. The Hall–Kier alpha value is -2.90. The summed E-state index contributed by atoms with van der Waals surface area (Å²) in [5.74, 6) is 1.25. The van der Waals surface area contributed by atoms with Gasteiger partial charge in [-0.15, -0.1) is 0 Å². The van der Waals surface area contributed by atoms with Crippen molar-refractivity contribution in [2.45, 2.75) is 33.2 Å². The summed E-state index contributed by atoms with van der Waals surface area (Å²) in [5.41, 5.74) is 0.374. The first-order valence-corrected chi connectivity index (χ1v) is 9.22. The highest BCUT2D eigenvalue weighted by Crippen LogP contribution is 2.14. The second-order valence-electron chi connectivity index (χ2n) is 6.70. The molecule has 1 aliphatic heterocycles. The van der Waals surface area contributed by atoms with Gasteiger partial charge >= 0.3 is 0 Å². The van der Waals surface area contributed by atoms with E-state index in [9.17, 15) is 9.59 Å². The van der Waals surface area contributed by atoms with Gasteiger partial charge in [0.05, 0.1) is 6.26 Å². The van der Waals surface area contributed by atoms with Crippen LogP contribution in [0.3, 0.4) is 0 Å². The number of aromatic nitrogens is 2. The van der Waals surface area contributed by atoms with Crippen LogP contribution in [0, 0.1) is 6.92 Å². The van der Waals surface area contributed by atoms with Crippen molar-refractivity contribution in [3.63, 3.8) is 0 Å². The van der Waals surface area contributed by atoms with Gasteiger partial charge in [0.25, 0.3) is 11.8 Å². The second-order valence-corrected chi connectivity index (χ2v) is 6.70. The van der Waals surface area contributed by atoms with Crippen LogP contribution in [0.5, 0.6) is 0 Å². The molecule has 144 valence electrons. The molecular formula is C19H25N5O3. The van der Waals surface area contributed by atoms with E-state index in [0.717, 1.165) is 6.42 Å². The first-order valence-electron chi connectivity index (χ1n) is 9.22. The predicted molar refractivity (Wildman–Crippen MR) is 101 cm³/mol. The lowest BCUT2D eigenvalue weighted by atomic mass is 10.2. The van der Waals surface area contributed by atoms with E-state index in [-0.39, 0.29) is 17.9 Å². The second kappa shape index (κ2) is 8.20. The molecule has 0 bridgehead atoms. The summed E-state index contributed by atoms with van der Waals surface area (Å²) in [4.78, 5) is 37.3. The summed E-state index contributed by atoms with van der Waals surface area (Å²) in [6.45, 7) is 7.78. The summed E-state index contributed by atoms with van der Waals surface area (Å²) in [6, 6.07) is 5.30. The fourth-order valence-electron chi connectivity index (χ4n) is 2.94. The molecule has 0 aromatic carbocycles. The van der Waals surface area contributed by atoms with E-state index in [0.29, 0.717) is 49.3 Å². The van der Waals surface area contributed by atoms with Crippen LogP contribution in [0.15, 0.2) is 28.9 Å². The van der Waals surface area contributed by atoms with Crippen molar-refractivity contribution in [3.8, 4) is 0 Å². The van der Waals surface area contributed by atoms with E-state index >= 15 is 0 Å². The van der Waals surface area contributed by atoms with Gasteiger partial charge in [0.1, 0.15) is 17.3 Å². The van der Waals surface area contributed by atoms with Gasteiger partial charge in [0.15, 0.2) is 5.76 Å². The van der Waals surface area contributed by atoms with Crippen LogP contribution >= 0.6 is 0 Å². The smallest absolute Gasteiger partial charge is 0.289 e. The average Bonchev–Trinajstić information content (AvgIpc) is 3.21. The van der Waals surface area contributed by atoms with Gasteiger partial charge in [-0.3, -0.25) is 9.59 Å². The Morgan fingerprint density at radius 1 is 1.19 bits per heavy atom. The van der Waals surface area contributed by atoms with E-state index in [1.165, 1.54) is 6.26 Å². The van der Waals surface area contributed by atoms with E-state index in [4.69, 9.17) is 4.42 Å². The van der Waals surface area contributed by atoms with Crippen molar-refractivity contribution < 1.29 is 14.0 Å². The molecule has 0 radical (unpaired) electrons. The van der Waals surface area contributed by atoms with Gasteiger partial charge < -0.3 is 19.5 Å². The third kappa shape index (κ3) is 4.45. The SMILES string of the molecule is CCC(C)Nc1cc(C(=O)N2CCN(C(=O)c3ccco3)CC2)nc(C)n1. The number of piperazine rings is 1. The number of rotatable bonds is 5. The van der Waals surface area contributed by atoms with Crippen LogP contribution in [0.25, 0.3) is 0 Å². The maximum Gasteiger partial charge on any atom is 0.289 e. The molecule has 0 saturated carbocycles. The third-order valence-corrected chi connectivity index (χ3v) is 4.65. The zero-order valence-corrected chi connectivity index (χ0v) is 15.9. The molecule has 27 heavy (non-hydrogen) atoms. The summed E-state index contributed by atoms with van der Waals surface area (Å²) >= 11 is 0. The minimum Gasteiger partial charge on any atom is -0.459 e. The first kappa shape index (κ1) is 18.9. The number of carbonyl (C=O) groups is 2. The maximum absolute atomic E-state index is 12.9. The Bertz CT molecular complexity index is 798. The van der Waals surface area contributed by atoms with Crippen molar-refractivity contribution >= 4 is 17.6 Å². The standard InChI is InChI=1S/C19H25N5O3/c1-4-13(2)20-17-12-15(21-14(3)22-17)18(25)23-7-9-24(10-8-23)19(26)16-6-5-11-27-16/h5-6,11-13H,4,7-10H2,1-3H3,(H,20,21,22). The lowest BCUT2D eigenvalue weighted by Crippen LogP contribution is -2.50. The molecule has 3 rings (SSSR count). The number of aryl methyl sites for hydroxylation is 1. The van der Waals surface area contributed by atoms with Crippen molar-refractivity contribution in [3.05, 3.63) is 41.7 Å². The molecule has 1 unspecified atom stereocenters. The molecule has 1 aliphatic rings. The lowest BCUT2D eigenvalue weighted by molar-refractivity contribution is 0.0515. The number of nitrogens with zero attached hydrogens (tertiary/aromatic N) is 4. The summed E-state index contributed by atoms with van der Waals surface area (Å²) in [7, 11) is 0. The lowest BCUT2D eigenvalue weighted by Gasteiger charge is -2.34. The molecule has 1 N–H and O–H groups in total. The Morgan fingerprint density at radius 2 is 1.85 bits per heavy atom. The third-order valence-electron chi connectivity index (χ3n) is 4.65. The molecule has 3 heterocycles. The highest BCUT2D eigenvalue weighted by molar-refractivity contribution is 5.94. The molecule has 8 heteroatoms. The predicted octanol–water partition coefficient (Wildman–Crippen LogP) is 2.19.